The lowest BCUT2D eigenvalue weighted by atomic mass is 10.1. The first kappa shape index (κ1) is 13.5. The van der Waals surface area contributed by atoms with Crippen LogP contribution in [0.4, 0.5) is 0 Å². The quantitative estimate of drug-likeness (QED) is 0.851. The van der Waals surface area contributed by atoms with Crippen molar-refractivity contribution in [3.8, 4) is 0 Å². The molecule has 0 aliphatic carbocycles. The van der Waals surface area contributed by atoms with E-state index < -0.39 is 6.04 Å². The first-order valence-electron chi connectivity index (χ1n) is 5.28. The van der Waals surface area contributed by atoms with E-state index in [0.717, 1.165) is 10.8 Å². The highest BCUT2D eigenvalue weighted by atomic mass is 35.5. The number of amides is 1. The predicted octanol–water partition coefficient (Wildman–Crippen LogP) is 2.04. The first-order chi connectivity index (χ1) is 7.50. The number of hydrogen-bond acceptors (Lipinski definition) is 3. The minimum atomic E-state index is -0.424. The van der Waals surface area contributed by atoms with Crippen molar-refractivity contribution in [2.75, 3.05) is 6.54 Å². The van der Waals surface area contributed by atoms with Crippen LogP contribution in [0.25, 0.3) is 0 Å². The van der Waals surface area contributed by atoms with Gasteiger partial charge in [-0.3, -0.25) is 4.79 Å². The second-order valence-electron chi connectivity index (χ2n) is 4.02. The van der Waals surface area contributed by atoms with Crippen molar-refractivity contribution >= 4 is 28.8 Å². The van der Waals surface area contributed by atoms with E-state index in [4.69, 9.17) is 17.3 Å². The summed E-state index contributed by atoms with van der Waals surface area (Å²) in [5, 5.41) is 2.82. The van der Waals surface area contributed by atoms with Crippen LogP contribution in [-0.2, 0) is 11.2 Å². The van der Waals surface area contributed by atoms with Gasteiger partial charge in [0.25, 0.3) is 0 Å². The number of halogens is 1. The second-order valence-corrected chi connectivity index (χ2v) is 5.82. The highest BCUT2D eigenvalue weighted by Gasteiger charge is 2.16. The SMILES string of the molecule is CC(C)C(N)C(=O)NCCc1ccc(Cl)s1. The third-order valence-electron chi connectivity index (χ3n) is 2.32. The number of carbonyl (C=O) groups is 1. The molecule has 1 atom stereocenters. The molecule has 90 valence electrons. The summed E-state index contributed by atoms with van der Waals surface area (Å²) in [6.07, 6.45) is 0.800. The highest BCUT2D eigenvalue weighted by Crippen LogP contribution is 2.21. The summed E-state index contributed by atoms with van der Waals surface area (Å²) in [6.45, 7) is 4.47. The molecule has 1 unspecified atom stereocenters. The molecule has 1 rings (SSSR count). The van der Waals surface area contributed by atoms with Gasteiger partial charge in [-0.05, 0) is 24.5 Å². The van der Waals surface area contributed by atoms with Gasteiger partial charge in [-0.1, -0.05) is 25.4 Å². The maximum atomic E-state index is 11.5. The van der Waals surface area contributed by atoms with E-state index in [1.54, 1.807) is 0 Å². The molecule has 1 amide bonds. The van der Waals surface area contributed by atoms with Crippen molar-refractivity contribution < 1.29 is 4.79 Å². The smallest absolute Gasteiger partial charge is 0.237 e. The number of nitrogens with one attached hydrogen (secondary N) is 1. The number of carbonyl (C=O) groups excluding carboxylic acids is 1. The zero-order valence-corrected chi connectivity index (χ0v) is 11.1. The monoisotopic (exact) mass is 260 g/mol. The Morgan fingerprint density at radius 1 is 1.56 bits per heavy atom. The molecule has 0 aromatic carbocycles. The van der Waals surface area contributed by atoms with Crippen LogP contribution in [0.15, 0.2) is 12.1 Å². The minimum absolute atomic E-state index is 0.0855. The maximum absolute atomic E-state index is 11.5. The molecule has 1 aromatic heterocycles. The van der Waals surface area contributed by atoms with Crippen LogP contribution in [-0.4, -0.2) is 18.5 Å². The van der Waals surface area contributed by atoms with Gasteiger partial charge in [0.15, 0.2) is 0 Å². The summed E-state index contributed by atoms with van der Waals surface area (Å²) >= 11 is 7.34. The van der Waals surface area contributed by atoms with Crippen molar-refractivity contribution in [3.63, 3.8) is 0 Å². The van der Waals surface area contributed by atoms with Crippen LogP contribution in [0.3, 0.4) is 0 Å². The number of nitrogens with two attached hydrogens (primary N) is 1. The van der Waals surface area contributed by atoms with Gasteiger partial charge in [0, 0.05) is 11.4 Å². The Kier molecular flexibility index (Phi) is 5.25. The lowest BCUT2D eigenvalue weighted by molar-refractivity contribution is -0.123. The second kappa shape index (κ2) is 6.23. The van der Waals surface area contributed by atoms with Crippen LogP contribution in [0.5, 0.6) is 0 Å². The van der Waals surface area contributed by atoms with E-state index in [9.17, 15) is 4.79 Å². The van der Waals surface area contributed by atoms with Crippen molar-refractivity contribution in [2.45, 2.75) is 26.3 Å². The van der Waals surface area contributed by atoms with E-state index >= 15 is 0 Å². The van der Waals surface area contributed by atoms with Crippen LogP contribution in [0.2, 0.25) is 4.34 Å². The first-order valence-corrected chi connectivity index (χ1v) is 6.47. The van der Waals surface area contributed by atoms with Gasteiger partial charge in [-0.25, -0.2) is 0 Å². The third kappa shape index (κ3) is 4.12. The fourth-order valence-corrected chi connectivity index (χ4v) is 2.30. The summed E-state index contributed by atoms with van der Waals surface area (Å²) in [4.78, 5) is 12.7. The zero-order chi connectivity index (χ0) is 12.1. The molecule has 3 nitrogen and oxygen atoms in total. The Balaban J connectivity index is 2.28. The molecule has 16 heavy (non-hydrogen) atoms. The van der Waals surface area contributed by atoms with E-state index in [0.29, 0.717) is 6.54 Å². The lowest BCUT2D eigenvalue weighted by Gasteiger charge is -2.14. The summed E-state index contributed by atoms with van der Waals surface area (Å²) in [6, 6.07) is 3.41. The molecule has 0 saturated carbocycles. The molecule has 1 heterocycles. The number of rotatable bonds is 5. The summed E-state index contributed by atoms with van der Waals surface area (Å²) in [7, 11) is 0. The summed E-state index contributed by atoms with van der Waals surface area (Å²) in [5.41, 5.74) is 5.71. The van der Waals surface area contributed by atoms with Crippen LogP contribution in [0, 0.1) is 5.92 Å². The fourth-order valence-electron chi connectivity index (χ4n) is 1.22. The molecule has 0 spiro atoms. The van der Waals surface area contributed by atoms with E-state index in [1.165, 1.54) is 16.2 Å². The van der Waals surface area contributed by atoms with E-state index in [-0.39, 0.29) is 11.8 Å². The van der Waals surface area contributed by atoms with Crippen molar-refractivity contribution in [1.29, 1.82) is 0 Å². The fraction of sp³-hybridized carbons (Fsp3) is 0.545. The molecular weight excluding hydrogens is 244 g/mol. The average molecular weight is 261 g/mol. The van der Waals surface area contributed by atoms with Gasteiger partial charge in [0.2, 0.25) is 5.91 Å². The van der Waals surface area contributed by atoms with Gasteiger partial charge in [-0.2, -0.15) is 0 Å². The summed E-state index contributed by atoms with van der Waals surface area (Å²) < 4.78 is 0.778. The molecule has 0 aliphatic rings. The molecule has 0 bridgehead atoms. The number of hydrogen-bond donors (Lipinski definition) is 2. The summed E-state index contributed by atoms with van der Waals surface area (Å²) in [5.74, 6) is 0.0776. The Labute approximate surface area is 105 Å². The topological polar surface area (TPSA) is 55.1 Å². The third-order valence-corrected chi connectivity index (χ3v) is 3.61. The van der Waals surface area contributed by atoms with E-state index in [2.05, 4.69) is 5.32 Å². The minimum Gasteiger partial charge on any atom is -0.354 e. The van der Waals surface area contributed by atoms with E-state index in [1.807, 2.05) is 26.0 Å². The van der Waals surface area contributed by atoms with Crippen molar-refractivity contribution in [2.24, 2.45) is 11.7 Å². The van der Waals surface area contributed by atoms with Crippen LogP contribution >= 0.6 is 22.9 Å². The van der Waals surface area contributed by atoms with Gasteiger partial charge < -0.3 is 11.1 Å². The Bertz CT molecular complexity index is 352. The normalized spacial score (nSPS) is 12.8. The van der Waals surface area contributed by atoms with Crippen LogP contribution < -0.4 is 11.1 Å². The predicted molar refractivity (Wildman–Crippen MR) is 68.9 cm³/mol. The molecular formula is C11H17ClN2OS. The average Bonchev–Trinajstić information content (AvgIpc) is 2.62. The zero-order valence-electron chi connectivity index (χ0n) is 9.50. The molecule has 5 heteroatoms. The molecule has 3 N–H and O–H groups in total. The standard InChI is InChI=1S/C11H17ClN2OS/c1-7(2)10(13)11(15)14-6-5-8-3-4-9(12)16-8/h3-4,7,10H,5-6,13H2,1-2H3,(H,14,15). The largest absolute Gasteiger partial charge is 0.354 e. The molecule has 1 aromatic rings. The number of thiophene rings is 1. The maximum Gasteiger partial charge on any atom is 0.237 e. The van der Waals surface area contributed by atoms with Crippen molar-refractivity contribution in [3.05, 3.63) is 21.3 Å². The molecule has 0 aliphatic heterocycles. The Morgan fingerprint density at radius 3 is 2.75 bits per heavy atom. The van der Waals surface area contributed by atoms with Gasteiger partial charge >= 0.3 is 0 Å². The van der Waals surface area contributed by atoms with Gasteiger partial charge in [0.05, 0.1) is 10.4 Å². The van der Waals surface area contributed by atoms with Crippen molar-refractivity contribution in [1.82, 2.24) is 5.32 Å². The highest BCUT2D eigenvalue weighted by molar-refractivity contribution is 7.16. The molecule has 0 radical (unpaired) electrons. The van der Waals surface area contributed by atoms with Crippen LogP contribution in [0.1, 0.15) is 18.7 Å². The lowest BCUT2D eigenvalue weighted by Crippen LogP contribution is -2.44. The van der Waals surface area contributed by atoms with Gasteiger partial charge in [-0.15, -0.1) is 11.3 Å². The molecule has 0 fully saturated rings. The van der Waals surface area contributed by atoms with Gasteiger partial charge in [0.1, 0.15) is 0 Å². The Morgan fingerprint density at radius 2 is 2.25 bits per heavy atom. The molecule has 0 saturated heterocycles. The Hall–Kier alpha value is -0.580.